The molecule has 0 amide bonds. The summed E-state index contributed by atoms with van der Waals surface area (Å²) in [5.74, 6) is 0. The second-order valence-electron chi connectivity index (χ2n) is 2.84. The topological polar surface area (TPSA) is 50.3 Å². The summed E-state index contributed by atoms with van der Waals surface area (Å²) in [7, 11) is 0. The molecular formula is C8H12N4O. The van der Waals surface area contributed by atoms with Crippen molar-refractivity contribution in [1.29, 1.82) is 0 Å². The maximum atomic E-state index is 5.22. The van der Waals surface area contributed by atoms with Gasteiger partial charge >= 0.3 is 0 Å². The van der Waals surface area contributed by atoms with Crippen LogP contribution in [-0.4, -0.2) is 41.3 Å². The minimum Gasteiger partial charge on any atom is -0.379 e. The van der Waals surface area contributed by atoms with Crippen molar-refractivity contribution >= 4 is 5.69 Å². The van der Waals surface area contributed by atoms with Crippen LogP contribution >= 0.6 is 0 Å². The summed E-state index contributed by atoms with van der Waals surface area (Å²) in [5, 5.41) is 2.10. The predicted octanol–water partition coefficient (Wildman–Crippen LogP) is 0.136. The van der Waals surface area contributed by atoms with Gasteiger partial charge in [-0.2, -0.15) is 0 Å². The van der Waals surface area contributed by atoms with Crippen molar-refractivity contribution in [2.45, 2.75) is 0 Å². The van der Waals surface area contributed by atoms with Crippen LogP contribution in [0.15, 0.2) is 18.7 Å². The fourth-order valence-corrected chi connectivity index (χ4v) is 1.21. The summed E-state index contributed by atoms with van der Waals surface area (Å²) in [5.41, 5.74) is 4.13. The molecule has 1 aliphatic rings. The van der Waals surface area contributed by atoms with Crippen LogP contribution < -0.4 is 5.43 Å². The largest absolute Gasteiger partial charge is 0.379 e. The zero-order valence-electron chi connectivity index (χ0n) is 7.31. The molecule has 0 radical (unpaired) electrons. The van der Waals surface area contributed by atoms with Crippen LogP contribution in [-0.2, 0) is 4.74 Å². The van der Waals surface area contributed by atoms with Gasteiger partial charge in [0.15, 0.2) is 0 Å². The first-order valence-electron chi connectivity index (χ1n) is 4.29. The van der Waals surface area contributed by atoms with E-state index < -0.39 is 0 Å². The van der Waals surface area contributed by atoms with Crippen molar-refractivity contribution in [1.82, 2.24) is 15.0 Å². The number of aromatic nitrogens is 2. The van der Waals surface area contributed by atoms with Crippen molar-refractivity contribution in [3.8, 4) is 0 Å². The van der Waals surface area contributed by atoms with E-state index in [0.717, 1.165) is 32.0 Å². The highest BCUT2D eigenvalue weighted by molar-refractivity contribution is 5.35. The quantitative estimate of drug-likeness (QED) is 0.701. The third kappa shape index (κ3) is 2.37. The average molecular weight is 180 g/mol. The van der Waals surface area contributed by atoms with Crippen LogP contribution in [0, 0.1) is 0 Å². The molecule has 0 spiro atoms. The third-order valence-corrected chi connectivity index (χ3v) is 1.86. The van der Waals surface area contributed by atoms with E-state index >= 15 is 0 Å². The van der Waals surface area contributed by atoms with E-state index in [0.29, 0.717) is 0 Å². The number of ether oxygens (including phenoxy) is 1. The first-order valence-corrected chi connectivity index (χ1v) is 4.29. The number of hydrazine groups is 1. The Balaban J connectivity index is 1.90. The van der Waals surface area contributed by atoms with E-state index in [2.05, 4.69) is 20.4 Å². The molecule has 70 valence electrons. The van der Waals surface area contributed by atoms with Gasteiger partial charge in [-0.1, -0.05) is 0 Å². The summed E-state index contributed by atoms with van der Waals surface area (Å²) >= 11 is 0. The van der Waals surface area contributed by atoms with E-state index in [4.69, 9.17) is 4.74 Å². The van der Waals surface area contributed by atoms with Gasteiger partial charge in [0.05, 0.1) is 31.3 Å². The fraction of sp³-hybridized carbons (Fsp3) is 0.500. The molecule has 1 fully saturated rings. The molecule has 0 atom stereocenters. The van der Waals surface area contributed by atoms with Crippen molar-refractivity contribution in [3.63, 3.8) is 0 Å². The Labute approximate surface area is 76.7 Å². The number of hydrogen-bond donors (Lipinski definition) is 1. The maximum absolute atomic E-state index is 5.22. The first kappa shape index (κ1) is 8.40. The zero-order chi connectivity index (χ0) is 8.93. The molecule has 1 aromatic heterocycles. The van der Waals surface area contributed by atoms with E-state index in [1.165, 1.54) is 6.33 Å². The van der Waals surface area contributed by atoms with Crippen molar-refractivity contribution in [2.75, 3.05) is 31.7 Å². The lowest BCUT2D eigenvalue weighted by Gasteiger charge is -2.27. The smallest absolute Gasteiger partial charge is 0.115 e. The van der Waals surface area contributed by atoms with E-state index in [9.17, 15) is 0 Å². The fourth-order valence-electron chi connectivity index (χ4n) is 1.21. The Morgan fingerprint density at radius 2 is 1.92 bits per heavy atom. The Hall–Kier alpha value is -1.20. The van der Waals surface area contributed by atoms with Crippen LogP contribution in [0.1, 0.15) is 0 Å². The summed E-state index contributed by atoms with van der Waals surface area (Å²) in [6.07, 6.45) is 5.02. The van der Waals surface area contributed by atoms with Gasteiger partial charge in [0.2, 0.25) is 0 Å². The molecule has 5 nitrogen and oxygen atoms in total. The van der Waals surface area contributed by atoms with Gasteiger partial charge < -0.3 is 10.2 Å². The van der Waals surface area contributed by atoms with Crippen molar-refractivity contribution < 1.29 is 4.74 Å². The minimum atomic E-state index is 0.778. The lowest BCUT2D eigenvalue weighted by atomic mass is 10.5. The first-order chi connectivity index (χ1) is 6.45. The summed E-state index contributed by atoms with van der Waals surface area (Å²) in [4.78, 5) is 7.84. The molecule has 2 heterocycles. The number of morpholine rings is 1. The van der Waals surface area contributed by atoms with Crippen LogP contribution in [0.5, 0.6) is 0 Å². The van der Waals surface area contributed by atoms with Crippen molar-refractivity contribution in [2.24, 2.45) is 0 Å². The SMILES string of the molecule is c1ncc(NN2CCOCC2)cn1. The lowest BCUT2D eigenvalue weighted by Crippen LogP contribution is -2.40. The number of hydrogen-bond acceptors (Lipinski definition) is 5. The molecule has 1 N–H and O–H groups in total. The van der Waals surface area contributed by atoms with Crippen LogP contribution in [0.4, 0.5) is 5.69 Å². The minimum absolute atomic E-state index is 0.778. The van der Waals surface area contributed by atoms with E-state index in [-0.39, 0.29) is 0 Å². The van der Waals surface area contributed by atoms with Gasteiger partial charge in [-0.25, -0.2) is 15.0 Å². The third-order valence-electron chi connectivity index (χ3n) is 1.86. The van der Waals surface area contributed by atoms with Gasteiger partial charge in [-0.15, -0.1) is 0 Å². The lowest BCUT2D eigenvalue weighted by molar-refractivity contribution is 0.0496. The highest BCUT2D eigenvalue weighted by atomic mass is 16.5. The molecule has 0 aromatic carbocycles. The zero-order valence-corrected chi connectivity index (χ0v) is 7.31. The Kier molecular flexibility index (Phi) is 2.68. The van der Waals surface area contributed by atoms with Gasteiger partial charge in [-0.3, -0.25) is 0 Å². The standard InChI is InChI=1S/C8H12N4O/c1-3-13-4-2-12(1)11-8-5-9-7-10-6-8/h5-7,11H,1-4H2. The van der Waals surface area contributed by atoms with Gasteiger partial charge in [0, 0.05) is 13.1 Å². The molecule has 0 unspecified atom stereocenters. The molecule has 0 saturated carbocycles. The molecule has 2 rings (SSSR count). The van der Waals surface area contributed by atoms with Crippen LogP contribution in [0.3, 0.4) is 0 Å². The Morgan fingerprint density at radius 3 is 2.62 bits per heavy atom. The molecule has 1 aliphatic heterocycles. The molecule has 0 bridgehead atoms. The number of nitrogens with one attached hydrogen (secondary N) is 1. The molecule has 13 heavy (non-hydrogen) atoms. The Bertz CT molecular complexity index is 248. The summed E-state index contributed by atoms with van der Waals surface area (Å²) in [6, 6.07) is 0. The van der Waals surface area contributed by atoms with Gasteiger partial charge in [-0.05, 0) is 0 Å². The number of nitrogens with zero attached hydrogens (tertiary/aromatic N) is 3. The van der Waals surface area contributed by atoms with Crippen LogP contribution in [0.25, 0.3) is 0 Å². The van der Waals surface area contributed by atoms with E-state index in [1.807, 2.05) is 0 Å². The number of anilines is 1. The molecule has 1 saturated heterocycles. The van der Waals surface area contributed by atoms with E-state index in [1.54, 1.807) is 12.4 Å². The average Bonchev–Trinajstić information content (AvgIpc) is 2.21. The second-order valence-corrected chi connectivity index (χ2v) is 2.84. The predicted molar refractivity (Wildman–Crippen MR) is 48.0 cm³/mol. The Morgan fingerprint density at radius 1 is 1.23 bits per heavy atom. The van der Waals surface area contributed by atoms with Crippen LogP contribution in [0.2, 0.25) is 0 Å². The maximum Gasteiger partial charge on any atom is 0.115 e. The molecule has 0 aliphatic carbocycles. The monoisotopic (exact) mass is 180 g/mol. The van der Waals surface area contributed by atoms with Crippen molar-refractivity contribution in [3.05, 3.63) is 18.7 Å². The van der Waals surface area contributed by atoms with Gasteiger partial charge in [0.25, 0.3) is 0 Å². The summed E-state index contributed by atoms with van der Waals surface area (Å²) < 4.78 is 5.22. The van der Waals surface area contributed by atoms with Gasteiger partial charge in [0.1, 0.15) is 6.33 Å². The summed E-state index contributed by atoms with van der Waals surface area (Å²) in [6.45, 7) is 3.35. The molecular weight excluding hydrogens is 168 g/mol. The second kappa shape index (κ2) is 4.15. The normalized spacial score (nSPS) is 18.5. The number of rotatable bonds is 2. The molecule has 5 heteroatoms. The molecule has 1 aromatic rings. The highest BCUT2D eigenvalue weighted by Crippen LogP contribution is 2.04. The highest BCUT2D eigenvalue weighted by Gasteiger charge is 2.09.